The van der Waals surface area contributed by atoms with Crippen LogP contribution in [-0.4, -0.2) is 85.5 Å². The van der Waals surface area contributed by atoms with Crippen molar-refractivity contribution >= 4 is 23.7 Å². The number of ketones is 1. The number of pyridine rings is 2. The van der Waals surface area contributed by atoms with Crippen molar-refractivity contribution in [2.75, 3.05) is 26.7 Å². The van der Waals surface area contributed by atoms with Crippen LogP contribution in [0, 0.1) is 10.8 Å². The third-order valence-corrected chi connectivity index (χ3v) is 7.45. The van der Waals surface area contributed by atoms with Gasteiger partial charge in [0.1, 0.15) is 0 Å². The van der Waals surface area contributed by atoms with Crippen molar-refractivity contribution < 1.29 is 34.5 Å². The van der Waals surface area contributed by atoms with Crippen LogP contribution >= 0.6 is 0 Å². The molecule has 3 N–H and O–H groups in total. The Morgan fingerprint density at radius 3 is 1.78 bits per heavy atom. The van der Waals surface area contributed by atoms with Crippen LogP contribution in [0.3, 0.4) is 0 Å². The van der Waals surface area contributed by atoms with E-state index in [1.54, 1.807) is 53.2 Å². The number of likely N-dealkylation sites (tertiary alicyclic amines) is 2. The van der Waals surface area contributed by atoms with E-state index >= 15 is 0 Å². The van der Waals surface area contributed by atoms with Crippen molar-refractivity contribution in [2.45, 2.75) is 37.8 Å². The van der Waals surface area contributed by atoms with Crippen LogP contribution in [0.15, 0.2) is 48.8 Å². The van der Waals surface area contributed by atoms with Crippen molar-refractivity contribution in [1.29, 1.82) is 0 Å². The smallest absolute Gasteiger partial charge is 0.320 e. The quantitative estimate of drug-likeness (QED) is 0.316. The summed E-state index contributed by atoms with van der Waals surface area (Å²) in [5, 5.41) is 30.2. The summed E-state index contributed by atoms with van der Waals surface area (Å²) < 4.78 is 0. The van der Waals surface area contributed by atoms with Gasteiger partial charge in [-0.1, -0.05) is 18.6 Å². The fraction of sp³-hybridized carbons (Fsp3) is 0.462. The maximum Gasteiger partial charge on any atom is 0.320 e. The lowest BCUT2D eigenvalue weighted by molar-refractivity contribution is -0.202. The van der Waals surface area contributed by atoms with E-state index in [4.69, 9.17) is 5.11 Å². The lowest BCUT2D eigenvalue weighted by Crippen LogP contribution is -2.75. The molecular weight excluding hydrogens is 480 g/mol. The van der Waals surface area contributed by atoms with E-state index < -0.39 is 46.6 Å². The number of carbonyl (C=O) groups is 4. The number of unbranched alkanes of at least 4 members (excludes halogenated alkanes) is 2. The normalized spacial score (nSPS) is 28.1. The Morgan fingerprint density at radius 1 is 0.865 bits per heavy atom. The van der Waals surface area contributed by atoms with Gasteiger partial charge in [-0.15, -0.1) is 0 Å². The molecule has 4 heterocycles. The highest BCUT2D eigenvalue weighted by atomic mass is 16.4. The average molecular weight is 511 g/mol. The van der Waals surface area contributed by atoms with Crippen LogP contribution in [-0.2, 0) is 19.2 Å². The van der Waals surface area contributed by atoms with Crippen LogP contribution in [0.25, 0.3) is 0 Å². The number of hydrogen-bond donors (Lipinski definition) is 3. The molecule has 0 saturated carbocycles. The zero-order chi connectivity index (χ0) is 26.8. The Hall–Kier alpha value is -3.70. The van der Waals surface area contributed by atoms with Crippen LogP contribution in [0.5, 0.6) is 0 Å². The molecule has 11 heteroatoms. The van der Waals surface area contributed by atoms with Gasteiger partial charge in [-0.3, -0.25) is 34.0 Å². The molecule has 4 rings (SSSR count). The lowest BCUT2D eigenvalue weighted by atomic mass is 9.54. The number of carboxylic acids is 3. The highest BCUT2D eigenvalue weighted by Gasteiger charge is 2.74. The van der Waals surface area contributed by atoms with Crippen LogP contribution in [0.1, 0.15) is 49.2 Å². The Bertz CT molecular complexity index is 1100. The molecule has 2 aromatic heterocycles. The zero-order valence-corrected chi connectivity index (χ0v) is 20.5. The van der Waals surface area contributed by atoms with Gasteiger partial charge in [0.15, 0.2) is 16.6 Å². The number of fused-ring (bicyclic) bond motifs is 2. The predicted octanol–water partition coefficient (Wildman–Crippen LogP) is 1.88. The van der Waals surface area contributed by atoms with Gasteiger partial charge in [-0.05, 0) is 50.7 Å². The summed E-state index contributed by atoms with van der Waals surface area (Å²) in [5.41, 5.74) is -3.49. The van der Waals surface area contributed by atoms with Gasteiger partial charge in [0, 0.05) is 31.9 Å². The maximum atomic E-state index is 14.3. The van der Waals surface area contributed by atoms with Gasteiger partial charge in [0.05, 0.1) is 23.5 Å². The number of nitrogens with zero attached hydrogens (tertiary/aromatic N) is 4. The fourth-order valence-electron chi connectivity index (χ4n) is 6.07. The molecule has 11 nitrogen and oxygen atoms in total. The number of hydrogen-bond acceptors (Lipinski definition) is 8. The molecule has 2 aliphatic heterocycles. The number of Topliss-reactive ketones (excluding diaryl/α,β-unsaturated/α-hetero) is 1. The van der Waals surface area contributed by atoms with Gasteiger partial charge >= 0.3 is 17.9 Å². The summed E-state index contributed by atoms with van der Waals surface area (Å²) >= 11 is 0. The van der Waals surface area contributed by atoms with Gasteiger partial charge in [-0.2, -0.15) is 0 Å². The molecule has 0 radical (unpaired) electrons. The Balaban J connectivity index is 1.94. The second-order valence-electron chi connectivity index (χ2n) is 9.81. The molecular formula is C26H30N4O7. The predicted molar refractivity (Wildman–Crippen MR) is 129 cm³/mol. The molecule has 0 amide bonds. The summed E-state index contributed by atoms with van der Waals surface area (Å²) in [4.78, 5) is 63.6. The Kier molecular flexibility index (Phi) is 7.37. The standard InChI is InChI=1S/C26H30N4O7/c1-29-15-25(23(34)35)20(17-9-4-6-12-27-17)30(14-8-2-3-11-19(31)32)21(18-10-5-7-13-28-18)26(16-29,22(25)33)24(36)37/h4-7,9-10,12-13,20-21H,2-3,8,11,14-16H2,1H3,(H,31,32)(H,34,35)(H,36,37). The van der Waals surface area contributed by atoms with E-state index in [1.807, 2.05) is 0 Å². The molecule has 2 fully saturated rings. The summed E-state index contributed by atoms with van der Waals surface area (Å²) in [5.74, 6) is -4.57. The van der Waals surface area contributed by atoms with Gasteiger partial charge in [0.2, 0.25) is 0 Å². The first kappa shape index (κ1) is 26.4. The molecule has 2 aliphatic rings. The molecule has 2 bridgehead atoms. The molecule has 4 unspecified atom stereocenters. The van der Waals surface area contributed by atoms with Crippen LogP contribution in [0.4, 0.5) is 0 Å². The summed E-state index contributed by atoms with van der Waals surface area (Å²) in [6.45, 7) is -0.132. The van der Waals surface area contributed by atoms with E-state index in [0.29, 0.717) is 30.7 Å². The van der Waals surface area contributed by atoms with E-state index in [1.165, 1.54) is 12.4 Å². The van der Waals surface area contributed by atoms with Gasteiger partial charge in [-0.25, -0.2) is 0 Å². The molecule has 2 aromatic rings. The van der Waals surface area contributed by atoms with Crippen LogP contribution in [0.2, 0.25) is 0 Å². The maximum absolute atomic E-state index is 14.3. The largest absolute Gasteiger partial charge is 0.481 e. The lowest BCUT2D eigenvalue weighted by Gasteiger charge is -2.60. The number of aromatic nitrogens is 2. The number of carbonyl (C=O) groups excluding carboxylic acids is 1. The van der Waals surface area contributed by atoms with Gasteiger partial charge in [0.25, 0.3) is 0 Å². The SMILES string of the molecule is CN1CC2(C(=O)O)C(=O)C(C(=O)O)(C1)C(c1ccccn1)N(CCCCCC(=O)O)C2c1ccccn1. The van der Waals surface area contributed by atoms with Crippen molar-refractivity contribution in [3.8, 4) is 0 Å². The molecule has 0 spiro atoms. The topological polar surface area (TPSA) is 161 Å². The van der Waals surface area contributed by atoms with Crippen molar-refractivity contribution in [1.82, 2.24) is 19.8 Å². The summed E-state index contributed by atoms with van der Waals surface area (Å²) in [6, 6.07) is 7.94. The fourth-order valence-corrected chi connectivity index (χ4v) is 6.07. The second-order valence-corrected chi connectivity index (χ2v) is 9.81. The monoisotopic (exact) mass is 510 g/mol. The number of rotatable bonds is 10. The number of carboxylic acid groups (broad SMARTS) is 3. The minimum absolute atomic E-state index is 0.00521. The molecule has 196 valence electrons. The van der Waals surface area contributed by atoms with Gasteiger partial charge < -0.3 is 20.2 Å². The van der Waals surface area contributed by atoms with Crippen molar-refractivity contribution in [3.63, 3.8) is 0 Å². The summed E-state index contributed by atoms with van der Waals surface area (Å²) in [7, 11) is 1.62. The highest BCUT2D eigenvalue weighted by Crippen LogP contribution is 2.60. The molecule has 37 heavy (non-hydrogen) atoms. The average Bonchev–Trinajstić information content (AvgIpc) is 2.86. The first-order valence-electron chi connectivity index (χ1n) is 12.2. The number of piperidine rings is 2. The Morgan fingerprint density at radius 2 is 1.38 bits per heavy atom. The van der Waals surface area contributed by atoms with E-state index in [0.717, 1.165) is 0 Å². The van der Waals surface area contributed by atoms with Crippen molar-refractivity contribution in [2.24, 2.45) is 10.8 Å². The van der Waals surface area contributed by atoms with E-state index in [-0.39, 0.29) is 26.1 Å². The summed E-state index contributed by atoms with van der Waals surface area (Å²) in [6.07, 6.45) is 4.44. The van der Waals surface area contributed by atoms with E-state index in [9.17, 15) is 29.4 Å². The number of aliphatic carboxylic acids is 3. The third-order valence-electron chi connectivity index (χ3n) is 7.45. The first-order valence-corrected chi connectivity index (χ1v) is 12.2. The first-order chi connectivity index (χ1) is 17.7. The van der Waals surface area contributed by atoms with Crippen LogP contribution < -0.4 is 0 Å². The molecule has 4 atom stereocenters. The third kappa shape index (κ3) is 4.38. The molecule has 2 saturated heterocycles. The Labute approximate surface area is 213 Å². The van der Waals surface area contributed by atoms with E-state index in [2.05, 4.69) is 9.97 Å². The minimum atomic E-state index is -2.09. The zero-order valence-electron chi connectivity index (χ0n) is 20.5. The highest BCUT2D eigenvalue weighted by molar-refractivity contribution is 6.17. The minimum Gasteiger partial charge on any atom is -0.481 e. The molecule has 0 aliphatic carbocycles. The molecule has 0 aromatic carbocycles. The van der Waals surface area contributed by atoms with Crippen molar-refractivity contribution in [3.05, 3.63) is 60.2 Å². The second kappa shape index (κ2) is 10.3.